The van der Waals surface area contributed by atoms with E-state index in [9.17, 15) is 9.18 Å². The lowest BCUT2D eigenvalue weighted by Gasteiger charge is -1.99. The molecule has 3 nitrogen and oxygen atoms in total. The summed E-state index contributed by atoms with van der Waals surface area (Å²) in [5.74, 6) is 0.620. The van der Waals surface area contributed by atoms with Crippen LogP contribution in [0.15, 0.2) is 42.5 Å². The maximum absolute atomic E-state index is 13.1. The number of fused-ring (bicyclic) bond motifs is 1. The number of halogens is 1. The molecule has 0 aliphatic heterocycles. The lowest BCUT2D eigenvalue weighted by molar-refractivity contribution is 0.112. The predicted molar refractivity (Wildman–Crippen MR) is 75.3 cm³/mol. The van der Waals surface area contributed by atoms with Crippen LogP contribution in [-0.2, 0) is 12.8 Å². The standard InChI is InChI=1S/C16H13FN2O/c17-13-3-1-2-11(8-13)5-7-16-18-14-6-4-12(10-20)9-15(14)19-16/h1-4,6,8-10H,5,7H2,(H,18,19). The van der Waals surface area contributed by atoms with Crippen LogP contribution in [-0.4, -0.2) is 16.3 Å². The third-order valence-electron chi connectivity index (χ3n) is 3.23. The van der Waals surface area contributed by atoms with Gasteiger partial charge >= 0.3 is 0 Å². The summed E-state index contributed by atoms with van der Waals surface area (Å²) in [6.07, 6.45) is 2.24. The minimum atomic E-state index is -0.220. The van der Waals surface area contributed by atoms with E-state index in [4.69, 9.17) is 0 Å². The number of benzene rings is 2. The average molecular weight is 268 g/mol. The number of aromatic nitrogens is 2. The molecule has 0 bridgehead atoms. The monoisotopic (exact) mass is 268 g/mol. The Labute approximate surface area is 115 Å². The number of imidazole rings is 1. The number of nitrogens with zero attached hydrogens (tertiary/aromatic N) is 1. The topological polar surface area (TPSA) is 45.8 Å². The highest BCUT2D eigenvalue weighted by Crippen LogP contribution is 2.14. The number of rotatable bonds is 4. The maximum atomic E-state index is 13.1. The number of H-pyrrole nitrogens is 1. The molecule has 1 heterocycles. The van der Waals surface area contributed by atoms with Crippen molar-refractivity contribution in [1.82, 2.24) is 9.97 Å². The van der Waals surface area contributed by atoms with E-state index in [1.165, 1.54) is 12.1 Å². The smallest absolute Gasteiger partial charge is 0.150 e. The molecular formula is C16H13FN2O. The minimum Gasteiger partial charge on any atom is -0.342 e. The van der Waals surface area contributed by atoms with Gasteiger partial charge in [-0.25, -0.2) is 9.37 Å². The van der Waals surface area contributed by atoms with Gasteiger partial charge in [0.2, 0.25) is 0 Å². The van der Waals surface area contributed by atoms with E-state index in [1.807, 2.05) is 12.1 Å². The van der Waals surface area contributed by atoms with Crippen molar-refractivity contribution in [2.45, 2.75) is 12.8 Å². The number of carbonyl (C=O) groups excluding carboxylic acids is 1. The van der Waals surface area contributed by atoms with Gasteiger partial charge in [-0.2, -0.15) is 0 Å². The first-order chi connectivity index (χ1) is 9.74. The van der Waals surface area contributed by atoms with Gasteiger partial charge in [-0.05, 0) is 42.3 Å². The largest absolute Gasteiger partial charge is 0.342 e. The highest BCUT2D eigenvalue weighted by atomic mass is 19.1. The summed E-state index contributed by atoms with van der Waals surface area (Å²) in [7, 11) is 0. The Balaban J connectivity index is 1.79. The molecule has 0 saturated heterocycles. The molecular weight excluding hydrogens is 255 g/mol. The van der Waals surface area contributed by atoms with Gasteiger partial charge in [0.25, 0.3) is 0 Å². The summed E-state index contributed by atoms with van der Waals surface area (Å²) in [5, 5.41) is 0. The summed E-state index contributed by atoms with van der Waals surface area (Å²) < 4.78 is 13.1. The van der Waals surface area contributed by atoms with E-state index < -0.39 is 0 Å². The molecule has 3 aromatic rings. The van der Waals surface area contributed by atoms with Crippen molar-refractivity contribution < 1.29 is 9.18 Å². The van der Waals surface area contributed by atoms with Gasteiger partial charge in [-0.3, -0.25) is 4.79 Å². The van der Waals surface area contributed by atoms with Crippen molar-refractivity contribution in [3.05, 3.63) is 65.2 Å². The van der Waals surface area contributed by atoms with Crippen LogP contribution in [0.2, 0.25) is 0 Å². The van der Waals surface area contributed by atoms with Gasteiger partial charge in [-0.15, -0.1) is 0 Å². The SMILES string of the molecule is O=Cc1ccc2nc(CCc3cccc(F)c3)[nH]c2c1. The molecule has 100 valence electrons. The predicted octanol–water partition coefficient (Wildman–Crippen LogP) is 3.30. The van der Waals surface area contributed by atoms with Crippen LogP contribution < -0.4 is 0 Å². The molecule has 1 aromatic heterocycles. The fraction of sp³-hybridized carbons (Fsp3) is 0.125. The van der Waals surface area contributed by atoms with Crippen LogP contribution in [0.3, 0.4) is 0 Å². The van der Waals surface area contributed by atoms with Crippen molar-refractivity contribution in [2.24, 2.45) is 0 Å². The van der Waals surface area contributed by atoms with Gasteiger partial charge in [-0.1, -0.05) is 12.1 Å². The fourth-order valence-electron chi connectivity index (χ4n) is 2.23. The number of carbonyl (C=O) groups is 1. The molecule has 1 N–H and O–H groups in total. The number of aryl methyl sites for hydroxylation is 2. The van der Waals surface area contributed by atoms with Gasteiger partial charge < -0.3 is 4.98 Å². The molecule has 0 unspecified atom stereocenters. The molecule has 0 spiro atoms. The first-order valence-corrected chi connectivity index (χ1v) is 6.43. The van der Waals surface area contributed by atoms with E-state index in [2.05, 4.69) is 9.97 Å². The Bertz CT molecular complexity index is 764. The number of hydrogen-bond donors (Lipinski definition) is 1. The number of nitrogens with one attached hydrogen (secondary N) is 1. The highest BCUT2D eigenvalue weighted by Gasteiger charge is 2.04. The zero-order valence-corrected chi connectivity index (χ0v) is 10.8. The van der Waals surface area contributed by atoms with Crippen LogP contribution in [0.25, 0.3) is 11.0 Å². The third-order valence-corrected chi connectivity index (χ3v) is 3.23. The molecule has 0 aliphatic rings. The Morgan fingerprint density at radius 2 is 2.05 bits per heavy atom. The molecule has 4 heteroatoms. The average Bonchev–Trinajstić information content (AvgIpc) is 2.87. The van der Waals surface area contributed by atoms with E-state index in [0.29, 0.717) is 12.0 Å². The quantitative estimate of drug-likeness (QED) is 0.738. The van der Waals surface area contributed by atoms with Gasteiger partial charge in [0.1, 0.15) is 17.9 Å². The van der Waals surface area contributed by atoms with Gasteiger partial charge in [0.15, 0.2) is 0 Å². The molecule has 0 atom stereocenters. The second-order valence-corrected chi connectivity index (χ2v) is 4.71. The highest BCUT2D eigenvalue weighted by molar-refractivity contribution is 5.84. The van der Waals surface area contributed by atoms with E-state index in [0.717, 1.165) is 35.1 Å². The maximum Gasteiger partial charge on any atom is 0.150 e. The molecule has 0 saturated carbocycles. The number of aromatic amines is 1. The molecule has 0 radical (unpaired) electrons. The van der Waals surface area contributed by atoms with Crippen LogP contribution in [0.1, 0.15) is 21.7 Å². The Kier molecular flexibility index (Phi) is 3.29. The molecule has 0 aliphatic carbocycles. The summed E-state index contributed by atoms with van der Waals surface area (Å²) in [6.45, 7) is 0. The Morgan fingerprint density at radius 1 is 1.15 bits per heavy atom. The zero-order valence-electron chi connectivity index (χ0n) is 10.8. The normalized spacial score (nSPS) is 10.8. The molecule has 3 rings (SSSR count). The van der Waals surface area contributed by atoms with Crippen LogP contribution in [0, 0.1) is 5.82 Å². The second kappa shape index (κ2) is 5.25. The molecule has 2 aromatic carbocycles. The zero-order chi connectivity index (χ0) is 13.9. The summed E-state index contributed by atoms with van der Waals surface area (Å²) in [6, 6.07) is 11.9. The summed E-state index contributed by atoms with van der Waals surface area (Å²) in [5.41, 5.74) is 3.26. The van der Waals surface area contributed by atoms with E-state index in [-0.39, 0.29) is 5.82 Å². The first kappa shape index (κ1) is 12.5. The third kappa shape index (κ3) is 2.59. The first-order valence-electron chi connectivity index (χ1n) is 6.43. The molecule has 20 heavy (non-hydrogen) atoms. The lowest BCUT2D eigenvalue weighted by Crippen LogP contribution is -1.93. The van der Waals surface area contributed by atoms with Crippen molar-refractivity contribution in [3.8, 4) is 0 Å². The lowest BCUT2D eigenvalue weighted by atomic mass is 10.1. The summed E-state index contributed by atoms with van der Waals surface area (Å²) in [4.78, 5) is 18.4. The molecule has 0 amide bonds. The van der Waals surface area contributed by atoms with Gasteiger partial charge in [0.05, 0.1) is 11.0 Å². The van der Waals surface area contributed by atoms with Crippen molar-refractivity contribution in [2.75, 3.05) is 0 Å². The fourth-order valence-corrected chi connectivity index (χ4v) is 2.23. The minimum absolute atomic E-state index is 0.220. The number of hydrogen-bond acceptors (Lipinski definition) is 2. The Hall–Kier alpha value is -2.49. The van der Waals surface area contributed by atoms with Crippen molar-refractivity contribution in [1.29, 1.82) is 0 Å². The second-order valence-electron chi connectivity index (χ2n) is 4.71. The van der Waals surface area contributed by atoms with Crippen LogP contribution in [0.5, 0.6) is 0 Å². The van der Waals surface area contributed by atoms with Crippen molar-refractivity contribution in [3.63, 3.8) is 0 Å². The van der Waals surface area contributed by atoms with Gasteiger partial charge in [0, 0.05) is 12.0 Å². The van der Waals surface area contributed by atoms with Crippen LogP contribution in [0.4, 0.5) is 4.39 Å². The number of aldehydes is 1. The van der Waals surface area contributed by atoms with E-state index in [1.54, 1.807) is 18.2 Å². The van der Waals surface area contributed by atoms with Crippen LogP contribution >= 0.6 is 0 Å². The van der Waals surface area contributed by atoms with Crippen molar-refractivity contribution >= 4 is 17.3 Å². The molecule has 0 fully saturated rings. The van der Waals surface area contributed by atoms with E-state index >= 15 is 0 Å². The Morgan fingerprint density at radius 3 is 2.85 bits per heavy atom. The summed E-state index contributed by atoms with van der Waals surface area (Å²) >= 11 is 0.